The highest BCUT2D eigenvalue weighted by molar-refractivity contribution is 6.31. The average Bonchev–Trinajstić information content (AvgIpc) is 2.90. The van der Waals surface area contributed by atoms with E-state index in [2.05, 4.69) is 0 Å². The van der Waals surface area contributed by atoms with Crippen molar-refractivity contribution < 1.29 is 66.5 Å². The molecule has 5 rings (SSSR count). The van der Waals surface area contributed by atoms with Gasteiger partial charge in [-0.3, -0.25) is 14.4 Å². The minimum Gasteiger partial charge on any atom is -1.00 e. The molecule has 0 aromatic heterocycles. The molecule has 3 aliphatic rings. The average molecular weight is 579 g/mol. The molecule has 1 fully saturated rings. The lowest BCUT2D eigenvalue weighted by molar-refractivity contribution is -0.247. The molecule has 1 saturated heterocycles. The van der Waals surface area contributed by atoms with Crippen LogP contribution in [0.15, 0.2) is 18.2 Å². The Morgan fingerprint density at radius 2 is 1.82 bits per heavy atom. The van der Waals surface area contributed by atoms with Crippen LogP contribution >= 0.6 is 0 Å². The van der Waals surface area contributed by atoms with Crippen molar-refractivity contribution in [3.8, 4) is 17.2 Å². The molecule has 1 aliphatic heterocycles. The summed E-state index contributed by atoms with van der Waals surface area (Å²) < 4.78 is 17.0. The van der Waals surface area contributed by atoms with E-state index in [0.717, 1.165) is 0 Å². The van der Waals surface area contributed by atoms with Gasteiger partial charge in [0.25, 0.3) is 0 Å². The number of phenolic OH excluding ortho intramolecular Hbond substituents is 2. The molecule has 2 aromatic carbocycles. The molecule has 0 unspecified atom stereocenters. The van der Waals surface area contributed by atoms with Crippen LogP contribution in [-0.2, 0) is 20.7 Å². The molecule has 1 heterocycles. The fourth-order valence-corrected chi connectivity index (χ4v) is 5.75. The Balaban J connectivity index is 0.00000370. The van der Waals surface area contributed by atoms with Crippen LogP contribution in [0.25, 0.3) is 0 Å². The minimum absolute atomic E-state index is 0. The molecule has 2 aliphatic carbocycles. The zero-order valence-corrected chi connectivity index (χ0v) is 22.3. The van der Waals surface area contributed by atoms with Crippen LogP contribution in [0.5, 0.6) is 17.2 Å². The zero-order valence-electron chi connectivity index (χ0n) is 21.6. The molecular weight excluding hydrogens is 550 g/mol. The molecule has 0 bridgehead atoms. The molecule has 13 heteroatoms. The summed E-state index contributed by atoms with van der Waals surface area (Å²) in [5.74, 6) is -3.77. The number of carbonyl (C=O) groups excluding carboxylic acids is 3. The smallest absolute Gasteiger partial charge is 0.202 e. The van der Waals surface area contributed by atoms with Crippen molar-refractivity contribution >= 4 is 17.3 Å². The number of Topliss-reactive ketones (excluding diaryl/α,β-unsaturated/α-hetero) is 1. The predicted molar refractivity (Wildman–Crippen MR) is 132 cm³/mol. The maximum Gasteiger partial charge on any atom is 0.202 e. The van der Waals surface area contributed by atoms with Crippen LogP contribution in [-0.4, -0.2) is 86.7 Å². The lowest BCUT2D eigenvalue weighted by Gasteiger charge is -2.42. The van der Waals surface area contributed by atoms with E-state index in [1.165, 1.54) is 25.3 Å². The van der Waals surface area contributed by atoms with Crippen LogP contribution in [0.3, 0.4) is 0 Å². The first-order valence-electron chi connectivity index (χ1n) is 12.4. The number of ether oxygens (including phenoxy) is 3. The number of fused-ring (bicyclic) bond motifs is 3. The highest BCUT2D eigenvalue weighted by Gasteiger charge is 2.50. The number of methoxy groups -OCH3 is 1. The summed E-state index contributed by atoms with van der Waals surface area (Å²) in [6.07, 6.45) is -5.12. The van der Waals surface area contributed by atoms with E-state index in [-0.39, 0.29) is 46.8 Å². The molecule has 0 radical (unpaired) electrons. The number of ketones is 3. The molecule has 2 aromatic rings. The highest BCUT2D eigenvalue weighted by atomic mass is 35.5. The Morgan fingerprint density at radius 3 is 2.45 bits per heavy atom. The van der Waals surface area contributed by atoms with Gasteiger partial charge in [-0.15, -0.1) is 0 Å². The molecular formula is C27H29ClNO11-. The van der Waals surface area contributed by atoms with E-state index in [4.69, 9.17) is 19.9 Å². The second-order valence-electron chi connectivity index (χ2n) is 10.2. The molecule has 6 atom stereocenters. The van der Waals surface area contributed by atoms with Crippen molar-refractivity contribution in [2.24, 2.45) is 5.73 Å². The van der Waals surface area contributed by atoms with Gasteiger partial charge in [0.1, 0.15) is 29.5 Å². The molecule has 40 heavy (non-hydrogen) atoms. The highest BCUT2D eigenvalue weighted by Crippen LogP contribution is 2.52. The monoisotopic (exact) mass is 578 g/mol. The van der Waals surface area contributed by atoms with Gasteiger partial charge >= 0.3 is 0 Å². The first-order chi connectivity index (χ1) is 18.4. The number of nitrogens with two attached hydrogens (primary N) is 1. The number of hydrogen-bond acceptors (Lipinski definition) is 12. The predicted octanol–water partition coefficient (Wildman–Crippen LogP) is -2.99. The van der Waals surface area contributed by atoms with Crippen LogP contribution in [0.4, 0.5) is 0 Å². The third kappa shape index (κ3) is 4.45. The number of aliphatic hydroxyl groups excluding tert-OH is 2. The van der Waals surface area contributed by atoms with Crippen molar-refractivity contribution in [1.82, 2.24) is 0 Å². The van der Waals surface area contributed by atoms with Gasteiger partial charge in [-0.05, 0) is 13.0 Å². The maximum absolute atomic E-state index is 13.6. The Hall–Kier alpha value is -3.10. The van der Waals surface area contributed by atoms with Crippen molar-refractivity contribution in [3.05, 3.63) is 51.6 Å². The van der Waals surface area contributed by atoms with E-state index < -0.39 is 95.7 Å². The van der Waals surface area contributed by atoms with Crippen LogP contribution in [0, 0.1) is 0 Å². The van der Waals surface area contributed by atoms with E-state index >= 15 is 0 Å². The summed E-state index contributed by atoms with van der Waals surface area (Å²) in [7, 11) is 1.32. The van der Waals surface area contributed by atoms with Gasteiger partial charge in [0.2, 0.25) is 5.78 Å². The summed E-state index contributed by atoms with van der Waals surface area (Å²) >= 11 is 0. The normalized spacial score (nSPS) is 29.1. The van der Waals surface area contributed by atoms with Gasteiger partial charge in [0, 0.05) is 42.0 Å². The van der Waals surface area contributed by atoms with Gasteiger partial charge < -0.3 is 57.9 Å². The van der Waals surface area contributed by atoms with Gasteiger partial charge in [-0.25, -0.2) is 0 Å². The molecule has 216 valence electrons. The number of aliphatic hydroxyl groups is 3. The van der Waals surface area contributed by atoms with Gasteiger partial charge in [-0.2, -0.15) is 0 Å². The largest absolute Gasteiger partial charge is 1.00 e. The molecule has 0 spiro atoms. The fourth-order valence-electron chi connectivity index (χ4n) is 5.75. The van der Waals surface area contributed by atoms with Crippen molar-refractivity contribution in [2.45, 2.75) is 62.4 Å². The van der Waals surface area contributed by atoms with Gasteiger partial charge in [0.05, 0.1) is 42.1 Å². The van der Waals surface area contributed by atoms with Crippen LogP contribution in [0.2, 0.25) is 0 Å². The van der Waals surface area contributed by atoms with E-state index in [1.54, 1.807) is 6.92 Å². The number of rotatable bonds is 5. The standard InChI is InChI=1S/C27H29NO11.ClH/c1-10-22(31)13(28)6-17(38-10)39-15-8-27(36,16(30)9-29)7-12-19(15)26(35)21-20(24(12)33)23(32)11-4-3-5-14(37-2)18(11)25(21)34;/h3-5,10,13,15,17,22,29,31,33,35-36H,6-9,28H2,1-2H3;1H/p-1/t10-,13-,15-,17-,22-,27-;/m0./s1. The van der Waals surface area contributed by atoms with Crippen molar-refractivity contribution in [3.63, 3.8) is 0 Å². The fraction of sp³-hybridized carbons (Fsp3) is 0.444. The van der Waals surface area contributed by atoms with E-state index in [9.17, 15) is 39.9 Å². The number of hydrogen-bond donors (Lipinski definition) is 6. The quantitative estimate of drug-likeness (QED) is 0.168. The number of halogens is 1. The van der Waals surface area contributed by atoms with E-state index in [0.29, 0.717) is 0 Å². The molecule has 0 saturated carbocycles. The van der Waals surface area contributed by atoms with Crippen LogP contribution < -0.4 is 22.9 Å². The number of benzene rings is 2. The first-order valence-corrected chi connectivity index (χ1v) is 12.4. The second-order valence-corrected chi connectivity index (χ2v) is 10.2. The lowest BCUT2D eigenvalue weighted by Crippen LogP contribution is -3.00. The Labute approximate surface area is 234 Å². The topological polar surface area (TPSA) is 206 Å². The lowest BCUT2D eigenvalue weighted by atomic mass is 9.72. The summed E-state index contributed by atoms with van der Waals surface area (Å²) in [6, 6.07) is 3.64. The summed E-state index contributed by atoms with van der Waals surface area (Å²) in [5, 5.41) is 53.7. The Morgan fingerprint density at radius 1 is 1.15 bits per heavy atom. The number of phenols is 2. The minimum atomic E-state index is -2.24. The van der Waals surface area contributed by atoms with Crippen LogP contribution in [0.1, 0.15) is 68.8 Å². The summed E-state index contributed by atoms with van der Waals surface area (Å²) in [5.41, 5.74) is 2.37. The molecule has 7 N–H and O–H groups in total. The Bertz CT molecular complexity index is 1380. The van der Waals surface area contributed by atoms with Crippen molar-refractivity contribution in [1.29, 1.82) is 0 Å². The maximum atomic E-state index is 13.6. The van der Waals surface area contributed by atoms with Gasteiger partial charge in [-0.1, -0.05) is 12.1 Å². The summed E-state index contributed by atoms with van der Waals surface area (Å²) in [4.78, 5) is 39.7. The SMILES string of the molecule is COc1cccc2c1C(=O)c1c(O)c3c(c(O)c1C2=O)C[C@@](O)(C(=O)CO)C[C@@H]3O[C@H]1C[C@H](N)[C@@H](O)[C@H](C)O1.[Cl-]. The Kier molecular flexibility index (Phi) is 8.00. The number of aromatic hydroxyl groups is 2. The van der Waals surface area contributed by atoms with E-state index in [1.807, 2.05) is 0 Å². The van der Waals surface area contributed by atoms with Crippen molar-refractivity contribution in [2.75, 3.05) is 13.7 Å². The summed E-state index contributed by atoms with van der Waals surface area (Å²) in [6.45, 7) is 0.560. The molecule has 12 nitrogen and oxygen atoms in total. The third-order valence-electron chi connectivity index (χ3n) is 7.81. The third-order valence-corrected chi connectivity index (χ3v) is 7.81. The zero-order chi connectivity index (χ0) is 28.4. The first kappa shape index (κ1) is 29.9. The van der Waals surface area contributed by atoms with Gasteiger partial charge in [0.15, 0.2) is 17.9 Å². The molecule has 0 amide bonds. The second kappa shape index (κ2) is 10.7. The number of carbonyl (C=O) groups is 3.